The van der Waals surface area contributed by atoms with Crippen LogP contribution in [0.25, 0.3) is 11.3 Å². The Bertz CT molecular complexity index is 594. The van der Waals surface area contributed by atoms with Gasteiger partial charge in [-0.05, 0) is 13.0 Å². The summed E-state index contributed by atoms with van der Waals surface area (Å²) in [6.45, 7) is 9.28. The first-order valence-corrected chi connectivity index (χ1v) is 6.75. The molecular weight excluding hydrogens is 252 g/mol. The molecule has 2 aromatic rings. The average Bonchev–Trinajstić information content (AvgIpc) is 2.76. The van der Waals surface area contributed by atoms with E-state index in [-0.39, 0.29) is 5.41 Å². The maximum absolute atomic E-state index is 6.26. The van der Waals surface area contributed by atoms with E-state index in [0.717, 1.165) is 23.6 Å². The lowest BCUT2D eigenvalue weighted by Crippen LogP contribution is -2.19. The fraction of sp³-hybridized carbons (Fsp3) is 0.467. The monoisotopic (exact) mass is 274 g/mol. The highest BCUT2D eigenvalue weighted by atomic mass is 16.5. The number of anilines is 1. The van der Waals surface area contributed by atoms with Crippen molar-refractivity contribution in [1.82, 2.24) is 14.5 Å². The van der Waals surface area contributed by atoms with Crippen molar-refractivity contribution in [2.75, 3.05) is 12.8 Å². The zero-order valence-corrected chi connectivity index (χ0v) is 12.8. The number of pyridine rings is 1. The van der Waals surface area contributed by atoms with E-state index in [0.29, 0.717) is 11.7 Å². The second kappa shape index (κ2) is 5.15. The fourth-order valence-corrected chi connectivity index (χ4v) is 2.21. The van der Waals surface area contributed by atoms with Gasteiger partial charge < -0.3 is 15.0 Å². The largest absolute Gasteiger partial charge is 0.481 e. The molecule has 0 aromatic carbocycles. The standard InChI is InChI=1S/C15H22N4O/c1-6-19-13(16)12(18-14(19)15(2,3)4)10-7-8-11(20-5)17-9-10/h7-9H,6,16H2,1-5H3. The predicted octanol–water partition coefficient (Wildman–Crippen LogP) is 2.85. The summed E-state index contributed by atoms with van der Waals surface area (Å²) >= 11 is 0. The Balaban J connectivity index is 2.54. The lowest BCUT2D eigenvalue weighted by molar-refractivity contribution is 0.398. The van der Waals surface area contributed by atoms with E-state index in [1.807, 2.05) is 12.1 Å². The van der Waals surface area contributed by atoms with Crippen molar-refractivity contribution in [1.29, 1.82) is 0 Å². The molecule has 5 nitrogen and oxygen atoms in total. The first kappa shape index (κ1) is 14.4. The lowest BCUT2D eigenvalue weighted by atomic mass is 9.95. The number of ether oxygens (including phenoxy) is 1. The van der Waals surface area contributed by atoms with Gasteiger partial charge in [0.2, 0.25) is 5.88 Å². The molecule has 5 heteroatoms. The molecule has 0 bridgehead atoms. The fourth-order valence-electron chi connectivity index (χ4n) is 2.21. The second-order valence-corrected chi connectivity index (χ2v) is 5.75. The number of nitrogens with two attached hydrogens (primary N) is 1. The molecule has 0 radical (unpaired) electrons. The number of nitrogen functional groups attached to an aromatic ring is 1. The maximum atomic E-state index is 6.26. The summed E-state index contributed by atoms with van der Waals surface area (Å²) in [6, 6.07) is 3.74. The van der Waals surface area contributed by atoms with Crippen molar-refractivity contribution in [3.05, 3.63) is 24.2 Å². The Labute approximate surface area is 119 Å². The predicted molar refractivity (Wildman–Crippen MR) is 80.8 cm³/mol. The lowest BCUT2D eigenvalue weighted by Gasteiger charge is -2.19. The van der Waals surface area contributed by atoms with E-state index >= 15 is 0 Å². The van der Waals surface area contributed by atoms with E-state index in [4.69, 9.17) is 15.5 Å². The number of hydrogen-bond acceptors (Lipinski definition) is 4. The van der Waals surface area contributed by atoms with Crippen molar-refractivity contribution in [3.63, 3.8) is 0 Å². The molecule has 0 saturated heterocycles. The minimum atomic E-state index is -0.0533. The molecule has 2 N–H and O–H groups in total. The van der Waals surface area contributed by atoms with Crippen molar-refractivity contribution in [2.24, 2.45) is 0 Å². The van der Waals surface area contributed by atoms with Crippen LogP contribution in [0.5, 0.6) is 5.88 Å². The Kier molecular flexibility index (Phi) is 3.70. The first-order chi connectivity index (χ1) is 9.38. The van der Waals surface area contributed by atoms with E-state index in [9.17, 15) is 0 Å². The Morgan fingerprint density at radius 2 is 2.00 bits per heavy atom. The molecule has 0 atom stereocenters. The quantitative estimate of drug-likeness (QED) is 0.934. The van der Waals surface area contributed by atoms with Gasteiger partial charge in [0, 0.05) is 29.8 Å². The minimum absolute atomic E-state index is 0.0533. The molecule has 0 fully saturated rings. The molecule has 0 spiro atoms. The Morgan fingerprint density at radius 3 is 2.40 bits per heavy atom. The van der Waals surface area contributed by atoms with Crippen LogP contribution in [0.4, 0.5) is 5.82 Å². The smallest absolute Gasteiger partial charge is 0.212 e. The molecule has 2 rings (SSSR count). The molecule has 0 amide bonds. The van der Waals surface area contributed by atoms with Gasteiger partial charge in [0.15, 0.2) is 0 Å². The summed E-state index contributed by atoms with van der Waals surface area (Å²) in [5, 5.41) is 0. The Hall–Kier alpha value is -2.04. The number of nitrogens with zero attached hydrogens (tertiary/aromatic N) is 3. The van der Waals surface area contributed by atoms with Crippen LogP contribution >= 0.6 is 0 Å². The van der Waals surface area contributed by atoms with Crippen LogP contribution in [0.1, 0.15) is 33.5 Å². The highest BCUT2D eigenvalue weighted by molar-refractivity contribution is 5.70. The normalized spacial score (nSPS) is 11.7. The number of hydrogen-bond donors (Lipinski definition) is 1. The third-order valence-corrected chi connectivity index (χ3v) is 3.21. The third kappa shape index (κ3) is 2.48. The van der Waals surface area contributed by atoms with Crippen LogP contribution in [0.15, 0.2) is 18.3 Å². The number of rotatable bonds is 3. The van der Waals surface area contributed by atoms with Crippen molar-refractivity contribution in [3.8, 4) is 17.1 Å². The van der Waals surface area contributed by atoms with Crippen LogP contribution in [0, 0.1) is 0 Å². The summed E-state index contributed by atoms with van der Waals surface area (Å²) in [4.78, 5) is 8.95. The van der Waals surface area contributed by atoms with Gasteiger partial charge in [-0.25, -0.2) is 9.97 Å². The second-order valence-electron chi connectivity index (χ2n) is 5.75. The molecule has 2 heterocycles. The van der Waals surface area contributed by atoms with Gasteiger partial charge in [-0.2, -0.15) is 0 Å². The molecule has 0 aliphatic carbocycles. The van der Waals surface area contributed by atoms with Gasteiger partial charge in [0.25, 0.3) is 0 Å². The maximum Gasteiger partial charge on any atom is 0.212 e. The highest BCUT2D eigenvalue weighted by Crippen LogP contribution is 2.31. The van der Waals surface area contributed by atoms with Gasteiger partial charge in [0.1, 0.15) is 17.3 Å². The van der Waals surface area contributed by atoms with Crippen LogP contribution in [-0.4, -0.2) is 21.6 Å². The van der Waals surface area contributed by atoms with E-state index in [2.05, 4.69) is 37.2 Å². The average molecular weight is 274 g/mol. The molecule has 0 aliphatic rings. The summed E-state index contributed by atoms with van der Waals surface area (Å²) < 4.78 is 7.13. The number of methoxy groups -OCH3 is 1. The van der Waals surface area contributed by atoms with Gasteiger partial charge in [-0.3, -0.25) is 0 Å². The SMILES string of the molecule is CCn1c(C(C)(C)C)nc(-c2ccc(OC)nc2)c1N. The third-order valence-electron chi connectivity index (χ3n) is 3.21. The van der Waals surface area contributed by atoms with Crippen molar-refractivity contribution < 1.29 is 4.74 Å². The molecule has 0 saturated carbocycles. The van der Waals surface area contributed by atoms with Crippen molar-refractivity contribution >= 4 is 5.82 Å². The molecule has 108 valence electrons. The van der Waals surface area contributed by atoms with Gasteiger partial charge >= 0.3 is 0 Å². The van der Waals surface area contributed by atoms with E-state index in [1.54, 1.807) is 13.3 Å². The zero-order valence-electron chi connectivity index (χ0n) is 12.8. The van der Waals surface area contributed by atoms with Crippen LogP contribution in [0.2, 0.25) is 0 Å². The van der Waals surface area contributed by atoms with Crippen LogP contribution in [-0.2, 0) is 12.0 Å². The van der Waals surface area contributed by atoms with Crippen LogP contribution in [0.3, 0.4) is 0 Å². The van der Waals surface area contributed by atoms with Gasteiger partial charge in [-0.1, -0.05) is 20.8 Å². The van der Waals surface area contributed by atoms with E-state index < -0.39 is 0 Å². The summed E-state index contributed by atoms with van der Waals surface area (Å²) in [7, 11) is 1.60. The summed E-state index contributed by atoms with van der Waals surface area (Å²) in [5.74, 6) is 2.26. The van der Waals surface area contributed by atoms with Crippen LogP contribution < -0.4 is 10.5 Å². The molecule has 0 unspecified atom stereocenters. The molecular formula is C15H22N4O. The number of imidazole rings is 1. The van der Waals surface area contributed by atoms with Gasteiger partial charge in [-0.15, -0.1) is 0 Å². The summed E-state index contributed by atoms with van der Waals surface area (Å²) in [6.07, 6.45) is 1.74. The van der Waals surface area contributed by atoms with Crippen molar-refractivity contribution in [2.45, 2.75) is 39.7 Å². The highest BCUT2D eigenvalue weighted by Gasteiger charge is 2.24. The summed E-state index contributed by atoms with van der Waals surface area (Å²) in [5.41, 5.74) is 7.89. The molecule has 2 aromatic heterocycles. The Morgan fingerprint density at radius 1 is 1.30 bits per heavy atom. The topological polar surface area (TPSA) is 66.0 Å². The minimum Gasteiger partial charge on any atom is -0.481 e. The zero-order chi connectivity index (χ0) is 14.9. The van der Waals surface area contributed by atoms with Gasteiger partial charge in [0.05, 0.1) is 7.11 Å². The molecule has 0 aliphatic heterocycles. The number of aromatic nitrogens is 3. The van der Waals surface area contributed by atoms with E-state index in [1.165, 1.54) is 0 Å². The first-order valence-electron chi connectivity index (χ1n) is 6.75. The molecule has 20 heavy (non-hydrogen) atoms.